The first-order valence-electron chi connectivity index (χ1n) is 7.43. The van der Waals surface area contributed by atoms with Gasteiger partial charge in [0.25, 0.3) is 0 Å². The van der Waals surface area contributed by atoms with Crippen LogP contribution in [0.2, 0.25) is 0 Å². The quantitative estimate of drug-likeness (QED) is 0.607. The lowest BCUT2D eigenvalue weighted by Crippen LogP contribution is -1.96. The number of benzene rings is 3. The summed E-state index contributed by atoms with van der Waals surface area (Å²) in [6.45, 7) is 5.02. The predicted molar refractivity (Wildman–Crippen MR) is 88.8 cm³/mol. The van der Waals surface area contributed by atoms with Gasteiger partial charge in [-0.15, -0.1) is 0 Å². The zero-order valence-corrected chi connectivity index (χ0v) is 12.5. The molecule has 0 bridgehead atoms. The molecule has 0 aliphatic heterocycles. The van der Waals surface area contributed by atoms with E-state index in [2.05, 4.69) is 62.4 Å². The molecule has 3 aromatic rings. The third-order valence-electron chi connectivity index (χ3n) is 3.79. The standard InChI is InChI=1S/C20H20O/c1-15(2)17-12-10-16(11-13-17)14-21-20-9-5-7-18-6-3-4-8-19(18)20/h3-13,15H,14H2,1-2H3. The molecular weight excluding hydrogens is 256 g/mol. The molecule has 0 saturated heterocycles. The lowest BCUT2D eigenvalue weighted by atomic mass is 10.0. The largest absolute Gasteiger partial charge is 0.488 e. The SMILES string of the molecule is CC(C)c1ccc(COc2cccc3ccccc23)cc1. The molecule has 1 heteroatoms. The van der Waals surface area contributed by atoms with E-state index in [4.69, 9.17) is 4.74 Å². The van der Waals surface area contributed by atoms with Crippen LogP contribution in [0.5, 0.6) is 5.75 Å². The summed E-state index contributed by atoms with van der Waals surface area (Å²) in [6, 6.07) is 23.2. The molecule has 106 valence electrons. The van der Waals surface area contributed by atoms with Crippen LogP contribution in [0.1, 0.15) is 30.9 Å². The molecule has 0 radical (unpaired) electrons. The van der Waals surface area contributed by atoms with Crippen molar-refractivity contribution in [3.8, 4) is 5.75 Å². The minimum atomic E-state index is 0.568. The Hall–Kier alpha value is -2.28. The molecule has 0 fully saturated rings. The van der Waals surface area contributed by atoms with E-state index in [0.717, 1.165) is 5.75 Å². The van der Waals surface area contributed by atoms with Gasteiger partial charge in [0.2, 0.25) is 0 Å². The molecule has 3 aromatic carbocycles. The highest BCUT2D eigenvalue weighted by atomic mass is 16.5. The zero-order chi connectivity index (χ0) is 14.7. The molecule has 3 rings (SSSR count). The van der Waals surface area contributed by atoms with Gasteiger partial charge in [-0.05, 0) is 28.5 Å². The zero-order valence-electron chi connectivity index (χ0n) is 12.5. The Morgan fingerprint density at radius 1 is 0.810 bits per heavy atom. The fourth-order valence-corrected chi connectivity index (χ4v) is 2.48. The molecule has 0 aliphatic rings. The Balaban J connectivity index is 1.77. The summed E-state index contributed by atoms with van der Waals surface area (Å²) in [7, 11) is 0. The summed E-state index contributed by atoms with van der Waals surface area (Å²) in [5.41, 5.74) is 2.57. The summed E-state index contributed by atoms with van der Waals surface area (Å²) >= 11 is 0. The van der Waals surface area contributed by atoms with Gasteiger partial charge in [0.1, 0.15) is 12.4 Å². The van der Waals surface area contributed by atoms with E-state index in [1.165, 1.54) is 21.9 Å². The van der Waals surface area contributed by atoms with Crippen LogP contribution in [-0.2, 0) is 6.61 Å². The first kappa shape index (κ1) is 13.7. The predicted octanol–water partition coefficient (Wildman–Crippen LogP) is 5.54. The van der Waals surface area contributed by atoms with E-state index in [1.54, 1.807) is 0 Å². The lowest BCUT2D eigenvalue weighted by Gasteiger charge is -2.10. The van der Waals surface area contributed by atoms with E-state index in [-0.39, 0.29) is 0 Å². The molecule has 0 atom stereocenters. The molecular formula is C20H20O. The third kappa shape index (κ3) is 3.08. The number of hydrogen-bond acceptors (Lipinski definition) is 1. The van der Waals surface area contributed by atoms with Crippen molar-refractivity contribution in [3.63, 3.8) is 0 Å². The van der Waals surface area contributed by atoms with Gasteiger partial charge in [-0.1, -0.05) is 74.5 Å². The highest BCUT2D eigenvalue weighted by Gasteiger charge is 2.03. The first-order valence-corrected chi connectivity index (χ1v) is 7.43. The Morgan fingerprint density at radius 2 is 1.52 bits per heavy atom. The van der Waals surface area contributed by atoms with Gasteiger partial charge >= 0.3 is 0 Å². The minimum absolute atomic E-state index is 0.568. The molecule has 0 aliphatic carbocycles. The van der Waals surface area contributed by atoms with Crippen LogP contribution in [0, 0.1) is 0 Å². The van der Waals surface area contributed by atoms with Gasteiger partial charge < -0.3 is 4.74 Å². The van der Waals surface area contributed by atoms with Gasteiger partial charge in [-0.3, -0.25) is 0 Å². The third-order valence-corrected chi connectivity index (χ3v) is 3.79. The number of fused-ring (bicyclic) bond motifs is 1. The topological polar surface area (TPSA) is 9.23 Å². The second-order valence-electron chi connectivity index (χ2n) is 5.66. The Labute approximate surface area is 126 Å². The summed E-state index contributed by atoms with van der Waals surface area (Å²) in [5.74, 6) is 1.51. The van der Waals surface area contributed by atoms with Crippen molar-refractivity contribution >= 4 is 10.8 Å². The fourth-order valence-electron chi connectivity index (χ4n) is 2.48. The van der Waals surface area contributed by atoms with Crippen molar-refractivity contribution in [2.45, 2.75) is 26.4 Å². The molecule has 0 N–H and O–H groups in total. The summed E-state index contributed by atoms with van der Waals surface area (Å²) in [6.07, 6.45) is 0. The molecule has 0 heterocycles. The smallest absolute Gasteiger partial charge is 0.127 e. The van der Waals surface area contributed by atoms with E-state index in [0.29, 0.717) is 12.5 Å². The minimum Gasteiger partial charge on any atom is -0.488 e. The molecule has 0 spiro atoms. The average Bonchev–Trinajstić information content (AvgIpc) is 2.53. The number of ether oxygens (including phenoxy) is 1. The average molecular weight is 276 g/mol. The van der Waals surface area contributed by atoms with Gasteiger partial charge in [0.15, 0.2) is 0 Å². The van der Waals surface area contributed by atoms with Crippen LogP contribution >= 0.6 is 0 Å². The van der Waals surface area contributed by atoms with Gasteiger partial charge in [0, 0.05) is 5.39 Å². The highest BCUT2D eigenvalue weighted by molar-refractivity contribution is 5.88. The molecule has 0 aromatic heterocycles. The molecule has 0 amide bonds. The van der Waals surface area contributed by atoms with Crippen LogP contribution in [0.4, 0.5) is 0 Å². The van der Waals surface area contributed by atoms with Crippen LogP contribution in [0.3, 0.4) is 0 Å². The highest BCUT2D eigenvalue weighted by Crippen LogP contribution is 2.26. The van der Waals surface area contributed by atoms with Crippen molar-refractivity contribution in [3.05, 3.63) is 77.9 Å². The first-order chi connectivity index (χ1) is 10.2. The van der Waals surface area contributed by atoms with Crippen molar-refractivity contribution < 1.29 is 4.74 Å². The summed E-state index contributed by atoms with van der Waals surface area (Å²) in [4.78, 5) is 0. The second kappa shape index (κ2) is 6.01. The Bertz CT molecular complexity index is 721. The van der Waals surface area contributed by atoms with Crippen LogP contribution in [0.15, 0.2) is 66.7 Å². The number of rotatable bonds is 4. The number of hydrogen-bond donors (Lipinski definition) is 0. The monoisotopic (exact) mass is 276 g/mol. The van der Waals surface area contributed by atoms with Gasteiger partial charge in [0.05, 0.1) is 0 Å². The van der Waals surface area contributed by atoms with E-state index >= 15 is 0 Å². The van der Waals surface area contributed by atoms with E-state index in [1.807, 2.05) is 18.2 Å². The summed E-state index contributed by atoms with van der Waals surface area (Å²) in [5, 5.41) is 2.38. The van der Waals surface area contributed by atoms with E-state index in [9.17, 15) is 0 Å². The lowest BCUT2D eigenvalue weighted by molar-refractivity contribution is 0.310. The normalized spacial score (nSPS) is 11.0. The maximum absolute atomic E-state index is 6.01. The van der Waals surface area contributed by atoms with Crippen molar-refractivity contribution in [2.75, 3.05) is 0 Å². The maximum Gasteiger partial charge on any atom is 0.127 e. The fraction of sp³-hybridized carbons (Fsp3) is 0.200. The molecule has 0 saturated carbocycles. The maximum atomic E-state index is 6.01. The van der Waals surface area contributed by atoms with Crippen LogP contribution < -0.4 is 4.74 Å². The van der Waals surface area contributed by atoms with Crippen molar-refractivity contribution in [1.82, 2.24) is 0 Å². The molecule has 0 unspecified atom stereocenters. The van der Waals surface area contributed by atoms with Gasteiger partial charge in [-0.25, -0.2) is 0 Å². The van der Waals surface area contributed by atoms with Crippen molar-refractivity contribution in [2.24, 2.45) is 0 Å². The Morgan fingerprint density at radius 3 is 2.29 bits per heavy atom. The van der Waals surface area contributed by atoms with Crippen molar-refractivity contribution in [1.29, 1.82) is 0 Å². The van der Waals surface area contributed by atoms with Gasteiger partial charge in [-0.2, -0.15) is 0 Å². The van der Waals surface area contributed by atoms with Crippen LogP contribution in [-0.4, -0.2) is 0 Å². The second-order valence-corrected chi connectivity index (χ2v) is 5.66. The van der Waals surface area contributed by atoms with Crippen LogP contribution in [0.25, 0.3) is 10.8 Å². The molecule has 21 heavy (non-hydrogen) atoms. The van der Waals surface area contributed by atoms with E-state index < -0.39 is 0 Å². The summed E-state index contributed by atoms with van der Waals surface area (Å²) < 4.78 is 6.01. The molecule has 1 nitrogen and oxygen atoms in total. The Kier molecular flexibility index (Phi) is 3.92.